The number of aromatic nitrogens is 3. The minimum absolute atomic E-state index is 0.0367. The molecule has 21 heavy (non-hydrogen) atoms. The Morgan fingerprint density at radius 3 is 2.90 bits per heavy atom. The van der Waals surface area contributed by atoms with Gasteiger partial charge in [-0.15, -0.1) is 5.10 Å². The van der Waals surface area contributed by atoms with E-state index in [1.54, 1.807) is 10.9 Å². The first-order chi connectivity index (χ1) is 10.3. The van der Waals surface area contributed by atoms with Crippen LogP contribution in [0.3, 0.4) is 0 Å². The summed E-state index contributed by atoms with van der Waals surface area (Å²) in [6, 6.07) is 5.57. The van der Waals surface area contributed by atoms with Gasteiger partial charge in [-0.05, 0) is 25.1 Å². The number of ether oxygens (including phenoxy) is 1. The predicted molar refractivity (Wildman–Crippen MR) is 78.0 cm³/mol. The lowest BCUT2D eigenvalue weighted by Crippen LogP contribution is -2.03. The normalized spacial score (nSPS) is 10.6. The highest BCUT2D eigenvalue weighted by atomic mass is 16.5. The van der Waals surface area contributed by atoms with Crippen molar-refractivity contribution in [2.75, 3.05) is 18.5 Å². The van der Waals surface area contributed by atoms with E-state index in [-0.39, 0.29) is 13.2 Å². The molecule has 0 bridgehead atoms. The number of nitrogens with zero attached hydrogens (tertiary/aromatic N) is 3. The van der Waals surface area contributed by atoms with E-state index in [1.165, 1.54) is 0 Å². The van der Waals surface area contributed by atoms with E-state index in [0.29, 0.717) is 25.4 Å². The lowest BCUT2D eigenvalue weighted by Gasteiger charge is -2.11. The summed E-state index contributed by atoms with van der Waals surface area (Å²) >= 11 is 0. The van der Waals surface area contributed by atoms with Crippen LogP contribution in [-0.4, -0.2) is 38.4 Å². The maximum Gasteiger partial charge on any atom is 0.124 e. The quantitative estimate of drug-likeness (QED) is 0.665. The average Bonchev–Trinajstić information content (AvgIpc) is 2.94. The van der Waals surface area contributed by atoms with Crippen LogP contribution >= 0.6 is 0 Å². The van der Waals surface area contributed by atoms with Crippen LogP contribution in [0.15, 0.2) is 24.4 Å². The van der Waals surface area contributed by atoms with Gasteiger partial charge >= 0.3 is 0 Å². The van der Waals surface area contributed by atoms with Crippen LogP contribution in [-0.2, 0) is 19.7 Å². The minimum atomic E-state index is -0.0719. The summed E-state index contributed by atoms with van der Waals surface area (Å²) in [5.74, 6) is 0.694. The summed E-state index contributed by atoms with van der Waals surface area (Å²) in [5.41, 5.74) is 2.40. The summed E-state index contributed by atoms with van der Waals surface area (Å²) in [5, 5.41) is 29.3. The molecule has 7 heteroatoms. The van der Waals surface area contributed by atoms with E-state index in [4.69, 9.17) is 9.84 Å². The Hall–Kier alpha value is -2.12. The molecule has 0 atom stereocenters. The minimum Gasteiger partial charge on any atom is -0.494 e. The highest BCUT2D eigenvalue weighted by Gasteiger charge is 2.05. The molecule has 0 aliphatic rings. The van der Waals surface area contributed by atoms with Crippen LogP contribution in [0.1, 0.15) is 18.2 Å². The van der Waals surface area contributed by atoms with Crippen molar-refractivity contribution in [1.29, 1.82) is 0 Å². The molecule has 0 saturated heterocycles. The number of rotatable bonds is 8. The number of nitrogens with one attached hydrogen (secondary N) is 1. The molecule has 1 heterocycles. The molecule has 0 unspecified atom stereocenters. The fourth-order valence-corrected chi connectivity index (χ4v) is 1.93. The number of aliphatic hydroxyl groups excluding tert-OH is 2. The Balaban J connectivity index is 1.98. The average molecular weight is 292 g/mol. The first kappa shape index (κ1) is 15.3. The molecule has 1 aromatic heterocycles. The van der Waals surface area contributed by atoms with Gasteiger partial charge in [0.05, 0.1) is 39.1 Å². The molecule has 1 aromatic carbocycles. The number of hydrogen-bond acceptors (Lipinski definition) is 6. The zero-order valence-corrected chi connectivity index (χ0v) is 12.0. The fourth-order valence-electron chi connectivity index (χ4n) is 1.93. The van der Waals surface area contributed by atoms with Gasteiger partial charge in [0.2, 0.25) is 0 Å². The molecule has 0 saturated carbocycles. The van der Waals surface area contributed by atoms with Crippen molar-refractivity contribution in [3.63, 3.8) is 0 Å². The summed E-state index contributed by atoms with van der Waals surface area (Å²) in [6.07, 6.45) is 1.78. The SMILES string of the molecule is CCOc1ccc(NCc2cn(CCO)nn2)cc1CO. The Kier molecular flexibility index (Phi) is 5.53. The fraction of sp³-hybridized carbons (Fsp3) is 0.429. The summed E-state index contributed by atoms with van der Waals surface area (Å²) < 4.78 is 7.03. The van der Waals surface area contributed by atoms with Gasteiger partial charge in [-0.1, -0.05) is 5.21 Å². The maximum atomic E-state index is 9.36. The van der Waals surface area contributed by atoms with Crippen LogP contribution in [0.2, 0.25) is 0 Å². The molecule has 0 spiro atoms. The van der Waals surface area contributed by atoms with Gasteiger partial charge in [0.1, 0.15) is 11.4 Å². The van der Waals surface area contributed by atoms with Gasteiger partial charge in [-0.3, -0.25) is 0 Å². The molecule has 2 rings (SSSR count). The molecule has 0 aliphatic heterocycles. The van der Waals surface area contributed by atoms with E-state index in [9.17, 15) is 5.11 Å². The zero-order valence-electron chi connectivity index (χ0n) is 12.0. The molecule has 114 valence electrons. The van der Waals surface area contributed by atoms with Crippen LogP contribution in [0, 0.1) is 0 Å². The van der Waals surface area contributed by atoms with Crippen molar-refractivity contribution in [2.24, 2.45) is 0 Å². The number of hydrogen-bond donors (Lipinski definition) is 3. The van der Waals surface area contributed by atoms with E-state index >= 15 is 0 Å². The van der Waals surface area contributed by atoms with Crippen molar-refractivity contribution in [3.05, 3.63) is 35.7 Å². The maximum absolute atomic E-state index is 9.36. The second-order valence-electron chi connectivity index (χ2n) is 4.46. The third kappa shape index (κ3) is 4.17. The van der Waals surface area contributed by atoms with Gasteiger partial charge < -0.3 is 20.3 Å². The number of benzene rings is 1. The second-order valence-corrected chi connectivity index (χ2v) is 4.46. The van der Waals surface area contributed by atoms with Crippen LogP contribution in [0.25, 0.3) is 0 Å². The lowest BCUT2D eigenvalue weighted by molar-refractivity contribution is 0.267. The molecule has 3 N–H and O–H groups in total. The van der Waals surface area contributed by atoms with Crippen LogP contribution in [0.4, 0.5) is 5.69 Å². The molecule has 7 nitrogen and oxygen atoms in total. The molecular formula is C14H20N4O3. The standard InChI is InChI=1S/C14H20N4O3/c1-2-21-14-4-3-12(7-11(14)10-20)15-8-13-9-18(5-6-19)17-16-13/h3-4,7,9,15,19-20H,2,5-6,8,10H2,1H3. The molecule has 0 radical (unpaired) electrons. The smallest absolute Gasteiger partial charge is 0.124 e. The van der Waals surface area contributed by atoms with E-state index in [0.717, 1.165) is 16.9 Å². The molecule has 0 aliphatic carbocycles. The molecule has 2 aromatic rings. The van der Waals surface area contributed by atoms with Crippen molar-refractivity contribution < 1.29 is 14.9 Å². The summed E-state index contributed by atoms with van der Waals surface area (Å²) in [6.45, 7) is 3.39. The van der Waals surface area contributed by atoms with Crippen molar-refractivity contribution in [3.8, 4) is 5.75 Å². The lowest BCUT2D eigenvalue weighted by atomic mass is 10.2. The van der Waals surface area contributed by atoms with Gasteiger partial charge in [-0.2, -0.15) is 0 Å². The topological polar surface area (TPSA) is 92.4 Å². The molecular weight excluding hydrogens is 272 g/mol. The number of anilines is 1. The summed E-state index contributed by atoms with van der Waals surface area (Å²) in [7, 11) is 0. The van der Waals surface area contributed by atoms with E-state index in [1.807, 2.05) is 25.1 Å². The third-order valence-corrected chi connectivity index (χ3v) is 2.92. The van der Waals surface area contributed by atoms with Crippen LogP contribution in [0.5, 0.6) is 5.75 Å². The predicted octanol–water partition coefficient (Wildman–Crippen LogP) is 0.773. The number of aliphatic hydroxyl groups is 2. The van der Waals surface area contributed by atoms with Crippen molar-refractivity contribution in [1.82, 2.24) is 15.0 Å². The Labute approximate surface area is 123 Å². The summed E-state index contributed by atoms with van der Waals surface area (Å²) in [4.78, 5) is 0. The zero-order chi connectivity index (χ0) is 15.1. The largest absolute Gasteiger partial charge is 0.494 e. The molecule has 0 fully saturated rings. The van der Waals surface area contributed by atoms with E-state index in [2.05, 4.69) is 15.6 Å². The van der Waals surface area contributed by atoms with Gasteiger partial charge in [0.25, 0.3) is 0 Å². The van der Waals surface area contributed by atoms with Gasteiger partial charge in [0, 0.05) is 11.3 Å². The molecule has 0 amide bonds. The van der Waals surface area contributed by atoms with E-state index < -0.39 is 0 Å². The van der Waals surface area contributed by atoms with Crippen molar-refractivity contribution >= 4 is 5.69 Å². The highest BCUT2D eigenvalue weighted by Crippen LogP contribution is 2.23. The Bertz CT molecular complexity index is 571. The van der Waals surface area contributed by atoms with Gasteiger partial charge in [-0.25, -0.2) is 4.68 Å². The van der Waals surface area contributed by atoms with Crippen LogP contribution < -0.4 is 10.1 Å². The monoisotopic (exact) mass is 292 g/mol. The Morgan fingerprint density at radius 2 is 2.19 bits per heavy atom. The third-order valence-electron chi connectivity index (χ3n) is 2.92. The first-order valence-electron chi connectivity index (χ1n) is 6.87. The van der Waals surface area contributed by atoms with Crippen molar-refractivity contribution in [2.45, 2.75) is 26.6 Å². The second kappa shape index (κ2) is 7.61. The highest BCUT2D eigenvalue weighted by molar-refractivity contribution is 5.51. The first-order valence-corrected chi connectivity index (χ1v) is 6.87. The van der Waals surface area contributed by atoms with Gasteiger partial charge in [0.15, 0.2) is 0 Å². The Morgan fingerprint density at radius 1 is 1.33 bits per heavy atom.